The van der Waals surface area contributed by atoms with Gasteiger partial charge in [0.25, 0.3) is 0 Å². The van der Waals surface area contributed by atoms with Gasteiger partial charge < -0.3 is 10.8 Å². The lowest BCUT2D eigenvalue weighted by Gasteiger charge is -2.05. The summed E-state index contributed by atoms with van der Waals surface area (Å²) in [5.41, 5.74) is 6.96. The molecule has 0 saturated carbocycles. The second-order valence-corrected chi connectivity index (χ2v) is 4.83. The average molecular weight is 278 g/mol. The van der Waals surface area contributed by atoms with Crippen LogP contribution in [0.5, 0.6) is 0 Å². The molecule has 0 saturated heterocycles. The van der Waals surface area contributed by atoms with Gasteiger partial charge in [-0.25, -0.2) is 9.18 Å². The molecular weight excluding hydrogens is 267 g/mol. The number of nitrogens with two attached hydrogens (primary N) is 1. The molecule has 4 nitrogen and oxygen atoms in total. The van der Waals surface area contributed by atoms with Crippen molar-refractivity contribution < 1.29 is 14.3 Å². The standard InChI is InChI=1S/C13H11FN2O2S/c14-9-2-4-12(11(15)5-9)19-7-10-3-1-8(6-16-10)13(17)18/h1-6H,7,15H2,(H,17,18). The van der Waals surface area contributed by atoms with Crippen molar-refractivity contribution in [2.24, 2.45) is 0 Å². The molecule has 1 aromatic heterocycles. The lowest BCUT2D eigenvalue weighted by molar-refractivity contribution is 0.0696. The first-order valence-electron chi connectivity index (χ1n) is 5.42. The fraction of sp³-hybridized carbons (Fsp3) is 0.0769. The highest BCUT2D eigenvalue weighted by Gasteiger charge is 2.05. The second-order valence-electron chi connectivity index (χ2n) is 3.81. The van der Waals surface area contributed by atoms with Gasteiger partial charge in [0.05, 0.1) is 11.3 Å². The van der Waals surface area contributed by atoms with E-state index in [1.54, 1.807) is 12.1 Å². The maximum Gasteiger partial charge on any atom is 0.337 e. The van der Waals surface area contributed by atoms with Gasteiger partial charge in [-0.1, -0.05) is 0 Å². The highest BCUT2D eigenvalue weighted by atomic mass is 32.2. The summed E-state index contributed by atoms with van der Waals surface area (Å²) in [5.74, 6) is -0.837. The van der Waals surface area contributed by atoms with Crippen LogP contribution < -0.4 is 5.73 Å². The Hall–Kier alpha value is -2.08. The van der Waals surface area contributed by atoms with Crippen molar-refractivity contribution in [3.63, 3.8) is 0 Å². The number of nitrogens with zero attached hydrogens (tertiary/aromatic N) is 1. The van der Waals surface area contributed by atoms with E-state index < -0.39 is 5.97 Å². The van der Waals surface area contributed by atoms with E-state index in [2.05, 4.69) is 4.98 Å². The fourth-order valence-electron chi connectivity index (χ4n) is 1.44. The van der Waals surface area contributed by atoms with Crippen LogP contribution in [0.3, 0.4) is 0 Å². The van der Waals surface area contributed by atoms with Crippen LogP contribution >= 0.6 is 11.8 Å². The Morgan fingerprint density at radius 3 is 2.74 bits per heavy atom. The van der Waals surface area contributed by atoms with Crippen LogP contribution in [0.1, 0.15) is 16.1 Å². The maximum absolute atomic E-state index is 12.9. The third kappa shape index (κ3) is 3.45. The number of carboxylic acid groups (broad SMARTS) is 1. The number of benzene rings is 1. The number of pyridine rings is 1. The molecular formula is C13H11FN2O2S. The van der Waals surface area contributed by atoms with Crippen molar-refractivity contribution in [1.82, 2.24) is 4.98 Å². The Morgan fingerprint density at radius 2 is 2.16 bits per heavy atom. The summed E-state index contributed by atoms with van der Waals surface area (Å²) in [6.45, 7) is 0. The molecule has 0 radical (unpaired) electrons. The van der Waals surface area contributed by atoms with Crippen molar-refractivity contribution in [2.45, 2.75) is 10.6 Å². The number of halogens is 1. The van der Waals surface area contributed by atoms with Crippen molar-refractivity contribution >= 4 is 23.4 Å². The van der Waals surface area contributed by atoms with E-state index in [0.717, 1.165) is 10.6 Å². The Bertz CT molecular complexity index is 602. The number of anilines is 1. The van der Waals surface area contributed by atoms with Gasteiger partial charge in [-0.2, -0.15) is 0 Å². The van der Waals surface area contributed by atoms with Gasteiger partial charge in [0, 0.05) is 22.5 Å². The zero-order valence-corrected chi connectivity index (χ0v) is 10.7. The van der Waals surface area contributed by atoms with Crippen LogP contribution in [0.15, 0.2) is 41.4 Å². The molecule has 0 unspecified atom stereocenters. The van der Waals surface area contributed by atoms with E-state index in [0.29, 0.717) is 11.4 Å². The van der Waals surface area contributed by atoms with Gasteiger partial charge in [-0.15, -0.1) is 11.8 Å². The highest BCUT2D eigenvalue weighted by molar-refractivity contribution is 7.98. The smallest absolute Gasteiger partial charge is 0.337 e. The minimum Gasteiger partial charge on any atom is -0.478 e. The molecule has 0 aliphatic heterocycles. The number of hydrogen-bond acceptors (Lipinski definition) is 4. The third-order valence-electron chi connectivity index (χ3n) is 2.42. The molecule has 1 heterocycles. The van der Waals surface area contributed by atoms with Crippen LogP contribution in [-0.4, -0.2) is 16.1 Å². The normalized spacial score (nSPS) is 10.4. The van der Waals surface area contributed by atoms with Crippen LogP contribution in [-0.2, 0) is 5.75 Å². The van der Waals surface area contributed by atoms with E-state index in [1.807, 2.05) is 0 Å². The summed E-state index contributed by atoms with van der Waals surface area (Å²) in [6, 6.07) is 7.37. The van der Waals surface area contributed by atoms with Crippen LogP contribution in [0.2, 0.25) is 0 Å². The molecule has 0 aliphatic rings. The molecule has 1 aromatic carbocycles. The van der Waals surface area contributed by atoms with E-state index in [-0.39, 0.29) is 11.4 Å². The van der Waals surface area contributed by atoms with Crippen molar-refractivity contribution in [1.29, 1.82) is 0 Å². The monoisotopic (exact) mass is 278 g/mol. The molecule has 0 bridgehead atoms. The zero-order valence-electron chi connectivity index (χ0n) is 9.84. The number of hydrogen-bond donors (Lipinski definition) is 2. The SMILES string of the molecule is Nc1cc(F)ccc1SCc1ccc(C(=O)O)cn1. The van der Waals surface area contributed by atoms with Crippen molar-refractivity contribution in [3.05, 3.63) is 53.6 Å². The largest absolute Gasteiger partial charge is 0.478 e. The maximum atomic E-state index is 12.9. The quantitative estimate of drug-likeness (QED) is 0.664. The molecule has 2 aromatic rings. The summed E-state index contributed by atoms with van der Waals surface area (Å²) in [7, 11) is 0. The van der Waals surface area contributed by atoms with E-state index in [9.17, 15) is 9.18 Å². The lowest BCUT2D eigenvalue weighted by Crippen LogP contribution is -1.98. The Morgan fingerprint density at radius 1 is 1.37 bits per heavy atom. The number of carboxylic acids is 1. The Labute approximate surface area is 113 Å². The van der Waals surface area contributed by atoms with Gasteiger partial charge >= 0.3 is 5.97 Å². The van der Waals surface area contributed by atoms with Gasteiger partial charge in [0.1, 0.15) is 5.82 Å². The highest BCUT2D eigenvalue weighted by Crippen LogP contribution is 2.28. The van der Waals surface area contributed by atoms with Crippen LogP contribution in [0.4, 0.5) is 10.1 Å². The number of rotatable bonds is 4. The number of carbonyl (C=O) groups is 1. The molecule has 0 amide bonds. The van der Waals surface area contributed by atoms with Gasteiger partial charge in [-0.05, 0) is 30.3 Å². The molecule has 0 spiro atoms. The number of aromatic carboxylic acids is 1. The second kappa shape index (κ2) is 5.71. The summed E-state index contributed by atoms with van der Waals surface area (Å²) in [6.07, 6.45) is 1.31. The molecule has 0 aliphatic carbocycles. The number of nitrogen functional groups attached to an aromatic ring is 1. The summed E-state index contributed by atoms with van der Waals surface area (Å²) in [4.78, 5) is 15.5. The van der Waals surface area contributed by atoms with E-state index in [4.69, 9.17) is 10.8 Å². The first-order chi connectivity index (χ1) is 9.06. The third-order valence-corrected chi connectivity index (χ3v) is 3.54. The predicted molar refractivity (Wildman–Crippen MR) is 71.6 cm³/mol. The fourth-order valence-corrected chi connectivity index (χ4v) is 2.30. The van der Waals surface area contributed by atoms with Crippen LogP contribution in [0.25, 0.3) is 0 Å². The number of thioether (sulfide) groups is 1. The summed E-state index contributed by atoms with van der Waals surface area (Å²) in [5, 5.41) is 8.75. The van der Waals surface area contributed by atoms with Crippen molar-refractivity contribution in [3.8, 4) is 0 Å². The van der Waals surface area contributed by atoms with Gasteiger partial charge in [-0.3, -0.25) is 4.98 Å². The predicted octanol–water partition coefficient (Wildman–Crippen LogP) is 2.79. The lowest BCUT2D eigenvalue weighted by atomic mass is 10.2. The summed E-state index contributed by atoms with van der Waals surface area (Å²) < 4.78 is 12.9. The molecule has 6 heteroatoms. The average Bonchev–Trinajstić information content (AvgIpc) is 2.38. The molecule has 19 heavy (non-hydrogen) atoms. The van der Waals surface area contributed by atoms with E-state index in [1.165, 1.54) is 36.2 Å². The summed E-state index contributed by atoms with van der Waals surface area (Å²) >= 11 is 1.42. The molecule has 3 N–H and O–H groups in total. The minimum absolute atomic E-state index is 0.148. The Balaban J connectivity index is 2.04. The van der Waals surface area contributed by atoms with Crippen molar-refractivity contribution in [2.75, 3.05) is 5.73 Å². The first-order valence-corrected chi connectivity index (χ1v) is 6.41. The van der Waals surface area contributed by atoms with E-state index >= 15 is 0 Å². The topological polar surface area (TPSA) is 76.2 Å². The minimum atomic E-state index is -1.01. The van der Waals surface area contributed by atoms with Gasteiger partial charge in [0.15, 0.2) is 0 Å². The van der Waals surface area contributed by atoms with Gasteiger partial charge in [0.2, 0.25) is 0 Å². The van der Waals surface area contributed by atoms with Crippen LogP contribution in [0, 0.1) is 5.82 Å². The zero-order chi connectivity index (χ0) is 13.8. The first kappa shape index (κ1) is 13.4. The number of aromatic nitrogens is 1. The molecule has 98 valence electrons. The Kier molecular flexibility index (Phi) is 4.01. The molecule has 0 atom stereocenters. The molecule has 0 fully saturated rings. The molecule has 2 rings (SSSR count).